The second-order valence-electron chi connectivity index (χ2n) is 3.66. The van der Waals surface area contributed by atoms with Crippen LogP contribution in [0.5, 0.6) is 5.75 Å². The fourth-order valence-electron chi connectivity index (χ4n) is 1.12. The van der Waals surface area contributed by atoms with Crippen molar-refractivity contribution < 1.29 is 27.1 Å². The summed E-state index contributed by atoms with van der Waals surface area (Å²) in [5, 5.41) is 2.06. The molecule has 1 atom stereocenters. The van der Waals surface area contributed by atoms with Crippen molar-refractivity contribution >= 4 is 11.6 Å². The number of carbonyl (C=O) groups is 1. The Balaban J connectivity index is 2.90. The first kappa shape index (κ1) is 15.0. The van der Waals surface area contributed by atoms with Crippen molar-refractivity contribution in [2.45, 2.75) is 19.2 Å². The quantitative estimate of drug-likeness (QED) is 0.676. The van der Waals surface area contributed by atoms with E-state index < -0.39 is 24.0 Å². The van der Waals surface area contributed by atoms with Gasteiger partial charge < -0.3 is 10.1 Å². The lowest BCUT2D eigenvalue weighted by molar-refractivity contribution is -0.189. The summed E-state index contributed by atoms with van der Waals surface area (Å²) < 4.78 is 54.3. The third-order valence-corrected chi connectivity index (χ3v) is 2.15. The number of halogens is 4. The summed E-state index contributed by atoms with van der Waals surface area (Å²) in [5.74, 6) is -2.60. The molecule has 0 spiro atoms. The highest BCUT2D eigenvalue weighted by atomic mass is 19.4. The summed E-state index contributed by atoms with van der Waals surface area (Å²) >= 11 is 0. The summed E-state index contributed by atoms with van der Waals surface area (Å²) in [6.45, 7) is 3.61. The molecule has 0 aliphatic heterocycles. The van der Waals surface area contributed by atoms with E-state index in [1.54, 1.807) is 0 Å². The standard InChI is InChI=1S/C12H11F4NO2/c1-7(13)11(18)17-9-5-3-4-6-10(9)19-8(2)12(14,15)16/h3-6,8H,1H2,2H3,(H,17,18). The molecule has 0 aliphatic carbocycles. The average molecular weight is 277 g/mol. The second kappa shape index (κ2) is 5.73. The number of benzene rings is 1. The van der Waals surface area contributed by atoms with Crippen LogP contribution in [0.4, 0.5) is 23.2 Å². The number of amides is 1. The molecule has 104 valence electrons. The molecule has 0 saturated heterocycles. The number of hydrogen-bond donors (Lipinski definition) is 1. The van der Waals surface area contributed by atoms with Crippen LogP contribution < -0.4 is 10.1 Å². The largest absolute Gasteiger partial charge is 0.479 e. The predicted octanol–water partition coefficient (Wildman–Crippen LogP) is 3.44. The zero-order valence-corrected chi connectivity index (χ0v) is 9.92. The first-order chi connectivity index (χ1) is 8.71. The Morgan fingerprint density at radius 3 is 2.47 bits per heavy atom. The summed E-state index contributed by atoms with van der Waals surface area (Å²) in [6.07, 6.45) is -6.60. The Morgan fingerprint density at radius 2 is 1.95 bits per heavy atom. The van der Waals surface area contributed by atoms with Gasteiger partial charge >= 0.3 is 6.18 Å². The van der Waals surface area contributed by atoms with Gasteiger partial charge in [-0.2, -0.15) is 13.2 Å². The molecule has 0 aliphatic rings. The van der Waals surface area contributed by atoms with Gasteiger partial charge in [0.15, 0.2) is 11.9 Å². The molecule has 0 aromatic heterocycles. The molecule has 0 fully saturated rings. The van der Waals surface area contributed by atoms with E-state index in [4.69, 9.17) is 4.74 Å². The highest BCUT2D eigenvalue weighted by Gasteiger charge is 2.38. The molecule has 1 amide bonds. The van der Waals surface area contributed by atoms with E-state index >= 15 is 0 Å². The lowest BCUT2D eigenvalue weighted by atomic mass is 10.2. The second-order valence-corrected chi connectivity index (χ2v) is 3.66. The van der Waals surface area contributed by atoms with Gasteiger partial charge in [-0.15, -0.1) is 0 Å². The van der Waals surface area contributed by atoms with Crippen LogP contribution in [-0.2, 0) is 4.79 Å². The monoisotopic (exact) mass is 277 g/mol. The Morgan fingerprint density at radius 1 is 1.37 bits per heavy atom. The van der Waals surface area contributed by atoms with Crippen LogP contribution in [0, 0.1) is 0 Å². The van der Waals surface area contributed by atoms with E-state index in [1.807, 2.05) is 0 Å². The number of hydrogen-bond acceptors (Lipinski definition) is 2. The van der Waals surface area contributed by atoms with Crippen LogP contribution in [0.3, 0.4) is 0 Å². The van der Waals surface area contributed by atoms with E-state index in [1.165, 1.54) is 24.3 Å². The van der Waals surface area contributed by atoms with Crippen molar-refractivity contribution in [1.29, 1.82) is 0 Å². The summed E-state index contributed by atoms with van der Waals surface area (Å²) in [5.41, 5.74) is -0.0672. The summed E-state index contributed by atoms with van der Waals surface area (Å²) in [6, 6.07) is 5.41. The smallest absolute Gasteiger partial charge is 0.425 e. The number of anilines is 1. The van der Waals surface area contributed by atoms with Gasteiger partial charge in [0.2, 0.25) is 0 Å². The number of nitrogens with one attached hydrogen (secondary N) is 1. The van der Waals surface area contributed by atoms with Crippen molar-refractivity contribution in [2.75, 3.05) is 5.32 Å². The number of rotatable bonds is 4. The van der Waals surface area contributed by atoms with Crippen LogP contribution in [0.2, 0.25) is 0 Å². The minimum absolute atomic E-state index is 0.0672. The van der Waals surface area contributed by atoms with Gasteiger partial charge in [0, 0.05) is 0 Å². The van der Waals surface area contributed by atoms with Gasteiger partial charge in [-0.3, -0.25) is 4.79 Å². The Kier molecular flexibility index (Phi) is 4.52. The summed E-state index contributed by atoms with van der Waals surface area (Å²) in [7, 11) is 0. The minimum atomic E-state index is -4.54. The fourth-order valence-corrected chi connectivity index (χ4v) is 1.12. The molecule has 19 heavy (non-hydrogen) atoms. The maximum atomic E-state index is 12.5. The van der Waals surface area contributed by atoms with Crippen LogP contribution in [0.15, 0.2) is 36.7 Å². The van der Waals surface area contributed by atoms with E-state index in [0.717, 1.165) is 6.92 Å². The molecule has 3 nitrogen and oxygen atoms in total. The van der Waals surface area contributed by atoms with Gasteiger partial charge in [-0.1, -0.05) is 18.7 Å². The number of alkyl halides is 3. The molecule has 0 saturated carbocycles. The van der Waals surface area contributed by atoms with Crippen molar-refractivity contribution in [3.05, 3.63) is 36.7 Å². The highest BCUT2D eigenvalue weighted by molar-refractivity contribution is 6.02. The van der Waals surface area contributed by atoms with E-state index in [-0.39, 0.29) is 11.4 Å². The van der Waals surface area contributed by atoms with Gasteiger partial charge in [-0.25, -0.2) is 4.39 Å². The molecular formula is C12H11F4NO2. The molecule has 1 rings (SSSR count). The third kappa shape index (κ3) is 4.27. The minimum Gasteiger partial charge on any atom is -0.479 e. The Bertz CT molecular complexity index is 485. The lowest BCUT2D eigenvalue weighted by Crippen LogP contribution is -2.31. The maximum absolute atomic E-state index is 12.5. The lowest BCUT2D eigenvalue weighted by Gasteiger charge is -2.19. The van der Waals surface area contributed by atoms with Gasteiger partial charge in [0.25, 0.3) is 5.91 Å². The zero-order valence-electron chi connectivity index (χ0n) is 9.92. The molecule has 1 aromatic rings. The molecule has 0 radical (unpaired) electrons. The first-order valence-corrected chi connectivity index (χ1v) is 5.20. The van der Waals surface area contributed by atoms with E-state index in [2.05, 4.69) is 11.9 Å². The van der Waals surface area contributed by atoms with Crippen molar-refractivity contribution in [3.63, 3.8) is 0 Å². The van der Waals surface area contributed by atoms with Crippen LogP contribution >= 0.6 is 0 Å². The number of para-hydroxylation sites is 2. The van der Waals surface area contributed by atoms with Gasteiger partial charge in [0.05, 0.1) is 5.69 Å². The first-order valence-electron chi connectivity index (χ1n) is 5.20. The Labute approximate surface area is 106 Å². The van der Waals surface area contributed by atoms with Crippen LogP contribution in [-0.4, -0.2) is 18.2 Å². The maximum Gasteiger partial charge on any atom is 0.425 e. The SMILES string of the molecule is C=C(F)C(=O)Nc1ccccc1OC(C)C(F)(F)F. The van der Waals surface area contributed by atoms with Gasteiger partial charge in [0.1, 0.15) is 5.75 Å². The Hall–Kier alpha value is -2.05. The van der Waals surface area contributed by atoms with E-state index in [9.17, 15) is 22.4 Å². The molecule has 0 bridgehead atoms. The van der Waals surface area contributed by atoms with Gasteiger partial charge in [-0.05, 0) is 19.1 Å². The van der Waals surface area contributed by atoms with E-state index in [0.29, 0.717) is 0 Å². The topological polar surface area (TPSA) is 38.3 Å². The molecule has 1 unspecified atom stereocenters. The number of ether oxygens (including phenoxy) is 1. The molecular weight excluding hydrogens is 266 g/mol. The predicted molar refractivity (Wildman–Crippen MR) is 61.5 cm³/mol. The summed E-state index contributed by atoms with van der Waals surface area (Å²) in [4.78, 5) is 11.1. The molecule has 7 heteroatoms. The van der Waals surface area contributed by atoms with Crippen molar-refractivity contribution in [1.82, 2.24) is 0 Å². The average Bonchev–Trinajstić information content (AvgIpc) is 2.30. The van der Waals surface area contributed by atoms with Crippen molar-refractivity contribution in [2.24, 2.45) is 0 Å². The van der Waals surface area contributed by atoms with Crippen molar-refractivity contribution in [3.8, 4) is 5.75 Å². The number of carbonyl (C=O) groups excluding carboxylic acids is 1. The third-order valence-electron chi connectivity index (χ3n) is 2.15. The van der Waals surface area contributed by atoms with Crippen LogP contribution in [0.25, 0.3) is 0 Å². The normalized spacial score (nSPS) is 12.7. The molecule has 1 aromatic carbocycles. The molecule has 0 heterocycles. The highest BCUT2D eigenvalue weighted by Crippen LogP contribution is 2.30. The zero-order chi connectivity index (χ0) is 14.6. The fraction of sp³-hybridized carbons (Fsp3) is 0.250. The van der Waals surface area contributed by atoms with Crippen LogP contribution in [0.1, 0.15) is 6.92 Å². The molecule has 1 N–H and O–H groups in total.